The molecular formula is C12H11NO3. The Morgan fingerprint density at radius 2 is 2.19 bits per heavy atom. The first-order valence-electron chi connectivity index (χ1n) is 4.98. The Kier molecular flexibility index (Phi) is 2.72. The maximum atomic E-state index is 11.0. The van der Waals surface area contributed by atoms with Crippen LogP contribution in [0.2, 0.25) is 0 Å². The molecule has 0 bridgehead atoms. The molecule has 2 rings (SSSR count). The maximum Gasteiger partial charge on any atom is 0.336 e. The van der Waals surface area contributed by atoms with Gasteiger partial charge in [0.05, 0.1) is 12.2 Å². The number of aromatic carboxylic acids is 1. The minimum atomic E-state index is -0.945. The summed E-state index contributed by atoms with van der Waals surface area (Å²) < 4.78 is 5.35. The third-order valence-corrected chi connectivity index (χ3v) is 2.28. The number of rotatable bonds is 3. The van der Waals surface area contributed by atoms with Crippen molar-refractivity contribution < 1.29 is 14.6 Å². The molecule has 16 heavy (non-hydrogen) atoms. The zero-order valence-electron chi connectivity index (χ0n) is 8.80. The number of carboxylic acid groups (broad SMARTS) is 1. The van der Waals surface area contributed by atoms with Crippen molar-refractivity contribution in [1.82, 2.24) is 4.98 Å². The Morgan fingerprint density at radius 3 is 2.88 bits per heavy atom. The molecule has 82 valence electrons. The minimum absolute atomic E-state index is 0.265. The third-order valence-electron chi connectivity index (χ3n) is 2.28. The fourth-order valence-corrected chi connectivity index (χ4v) is 1.62. The Balaban J connectivity index is 2.71. The van der Waals surface area contributed by atoms with E-state index < -0.39 is 5.97 Å². The molecule has 0 aliphatic heterocycles. The molecule has 0 aliphatic carbocycles. The van der Waals surface area contributed by atoms with Crippen LogP contribution in [0.25, 0.3) is 10.8 Å². The van der Waals surface area contributed by atoms with Gasteiger partial charge >= 0.3 is 5.97 Å². The van der Waals surface area contributed by atoms with E-state index in [2.05, 4.69) is 4.98 Å². The Hall–Kier alpha value is -2.10. The summed E-state index contributed by atoms with van der Waals surface area (Å²) in [6.45, 7) is 2.37. The number of nitrogens with zero attached hydrogens (tertiary/aromatic N) is 1. The predicted molar refractivity (Wildman–Crippen MR) is 59.9 cm³/mol. The second-order valence-electron chi connectivity index (χ2n) is 3.25. The summed E-state index contributed by atoms with van der Waals surface area (Å²) >= 11 is 0. The van der Waals surface area contributed by atoms with Crippen molar-refractivity contribution in [2.45, 2.75) is 6.92 Å². The highest BCUT2D eigenvalue weighted by Crippen LogP contribution is 2.25. The first kappa shape index (κ1) is 10.4. The molecule has 0 spiro atoms. The van der Waals surface area contributed by atoms with Gasteiger partial charge in [-0.1, -0.05) is 6.07 Å². The number of benzene rings is 1. The van der Waals surface area contributed by atoms with E-state index in [4.69, 9.17) is 9.84 Å². The molecule has 0 radical (unpaired) electrons. The number of hydrogen-bond donors (Lipinski definition) is 1. The normalized spacial score (nSPS) is 10.3. The highest BCUT2D eigenvalue weighted by molar-refractivity contribution is 6.04. The summed E-state index contributed by atoms with van der Waals surface area (Å²) in [5, 5.41) is 10.4. The summed E-state index contributed by atoms with van der Waals surface area (Å²) in [6.07, 6.45) is 1.56. The number of aromatic nitrogens is 1. The predicted octanol–water partition coefficient (Wildman–Crippen LogP) is 2.33. The van der Waals surface area contributed by atoms with E-state index in [1.807, 2.05) is 6.92 Å². The van der Waals surface area contributed by atoms with E-state index >= 15 is 0 Å². The molecule has 1 heterocycles. The molecule has 4 nitrogen and oxygen atoms in total. The number of carbonyl (C=O) groups is 1. The van der Waals surface area contributed by atoms with Crippen LogP contribution in [-0.4, -0.2) is 22.7 Å². The molecule has 0 aliphatic rings. The first-order valence-corrected chi connectivity index (χ1v) is 4.98. The lowest BCUT2D eigenvalue weighted by Gasteiger charge is -2.07. The van der Waals surface area contributed by atoms with Crippen LogP contribution in [0.3, 0.4) is 0 Å². The van der Waals surface area contributed by atoms with Gasteiger partial charge in [-0.15, -0.1) is 0 Å². The fraction of sp³-hybridized carbons (Fsp3) is 0.167. The Bertz CT molecular complexity index is 537. The number of hydrogen-bond acceptors (Lipinski definition) is 3. The number of fused-ring (bicyclic) bond motifs is 1. The summed E-state index contributed by atoms with van der Waals surface area (Å²) in [5.74, 6) is -0.470. The van der Waals surface area contributed by atoms with Crippen molar-refractivity contribution in [2.75, 3.05) is 6.61 Å². The first-order chi connectivity index (χ1) is 7.74. The number of carboxylic acids is 1. The van der Waals surface area contributed by atoms with Crippen molar-refractivity contribution in [3.8, 4) is 5.88 Å². The standard InChI is InChI=1S/C12H11NO3/c1-2-16-11-9-4-3-5-10(12(14)15)8(9)6-7-13-11/h3-7H,2H2,1H3,(H,14,15). The van der Waals surface area contributed by atoms with Gasteiger partial charge in [-0.05, 0) is 25.1 Å². The van der Waals surface area contributed by atoms with Crippen molar-refractivity contribution in [3.63, 3.8) is 0 Å². The van der Waals surface area contributed by atoms with Gasteiger partial charge in [0.25, 0.3) is 0 Å². The van der Waals surface area contributed by atoms with Crippen molar-refractivity contribution in [3.05, 3.63) is 36.0 Å². The third kappa shape index (κ3) is 1.69. The van der Waals surface area contributed by atoms with Crippen molar-refractivity contribution in [1.29, 1.82) is 0 Å². The van der Waals surface area contributed by atoms with Gasteiger partial charge in [0.2, 0.25) is 5.88 Å². The molecule has 0 amide bonds. The lowest BCUT2D eigenvalue weighted by molar-refractivity contribution is 0.0699. The van der Waals surface area contributed by atoms with Gasteiger partial charge in [-0.3, -0.25) is 0 Å². The van der Waals surface area contributed by atoms with Crippen LogP contribution in [0, 0.1) is 0 Å². The molecule has 0 saturated carbocycles. The lowest BCUT2D eigenvalue weighted by Crippen LogP contribution is -2.00. The molecule has 1 aromatic carbocycles. The van der Waals surface area contributed by atoms with Crippen molar-refractivity contribution >= 4 is 16.7 Å². The molecule has 0 atom stereocenters. The average Bonchev–Trinajstić information content (AvgIpc) is 2.29. The minimum Gasteiger partial charge on any atom is -0.478 e. The van der Waals surface area contributed by atoms with Crippen LogP contribution in [0.1, 0.15) is 17.3 Å². The van der Waals surface area contributed by atoms with E-state index in [0.717, 1.165) is 5.39 Å². The monoisotopic (exact) mass is 217 g/mol. The van der Waals surface area contributed by atoms with E-state index in [0.29, 0.717) is 17.9 Å². The molecule has 2 aromatic rings. The maximum absolute atomic E-state index is 11.0. The van der Waals surface area contributed by atoms with Gasteiger partial charge in [0.15, 0.2) is 0 Å². The summed E-state index contributed by atoms with van der Waals surface area (Å²) in [6, 6.07) is 6.75. The highest BCUT2D eigenvalue weighted by Gasteiger charge is 2.10. The van der Waals surface area contributed by atoms with Crippen LogP contribution in [-0.2, 0) is 0 Å². The van der Waals surface area contributed by atoms with Gasteiger partial charge in [0.1, 0.15) is 0 Å². The van der Waals surface area contributed by atoms with E-state index in [-0.39, 0.29) is 5.56 Å². The molecular weight excluding hydrogens is 206 g/mol. The van der Waals surface area contributed by atoms with E-state index in [1.54, 1.807) is 30.5 Å². The van der Waals surface area contributed by atoms with E-state index in [9.17, 15) is 4.79 Å². The zero-order valence-corrected chi connectivity index (χ0v) is 8.80. The van der Waals surface area contributed by atoms with Gasteiger partial charge in [-0.25, -0.2) is 9.78 Å². The number of ether oxygens (including phenoxy) is 1. The summed E-state index contributed by atoms with van der Waals surface area (Å²) in [4.78, 5) is 15.1. The van der Waals surface area contributed by atoms with E-state index in [1.165, 1.54) is 0 Å². The van der Waals surface area contributed by atoms with Crippen LogP contribution in [0.4, 0.5) is 0 Å². The number of pyridine rings is 1. The molecule has 1 N–H and O–H groups in total. The lowest BCUT2D eigenvalue weighted by atomic mass is 10.1. The molecule has 0 fully saturated rings. The molecule has 4 heteroatoms. The second kappa shape index (κ2) is 4.18. The smallest absolute Gasteiger partial charge is 0.336 e. The van der Waals surface area contributed by atoms with Gasteiger partial charge in [-0.2, -0.15) is 0 Å². The van der Waals surface area contributed by atoms with Crippen LogP contribution >= 0.6 is 0 Å². The largest absolute Gasteiger partial charge is 0.478 e. The van der Waals surface area contributed by atoms with Crippen LogP contribution in [0.15, 0.2) is 30.5 Å². The molecule has 0 saturated heterocycles. The Morgan fingerprint density at radius 1 is 1.38 bits per heavy atom. The molecule has 1 aromatic heterocycles. The second-order valence-corrected chi connectivity index (χ2v) is 3.25. The van der Waals surface area contributed by atoms with Crippen LogP contribution < -0.4 is 4.74 Å². The summed E-state index contributed by atoms with van der Waals surface area (Å²) in [7, 11) is 0. The zero-order chi connectivity index (χ0) is 11.5. The quantitative estimate of drug-likeness (QED) is 0.857. The Labute approximate surface area is 92.5 Å². The van der Waals surface area contributed by atoms with Crippen LogP contribution in [0.5, 0.6) is 5.88 Å². The fourth-order valence-electron chi connectivity index (χ4n) is 1.62. The summed E-state index contributed by atoms with van der Waals surface area (Å²) in [5.41, 5.74) is 0.265. The van der Waals surface area contributed by atoms with Gasteiger partial charge < -0.3 is 9.84 Å². The topological polar surface area (TPSA) is 59.4 Å². The van der Waals surface area contributed by atoms with Gasteiger partial charge in [0, 0.05) is 17.0 Å². The average molecular weight is 217 g/mol. The molecule has 0 unspecified atom stereocenters. The SMILES string of the molecule is CCOc1nccc2c(C(=O)O)cccc12. The van der Waals surface area contributed by atoms with Crippen molar-refractivity contribution in [2.24, 2.45) is 0 Å². The highest BCUT2D eigenvalue weighted by atomic mass is 16.5.